The molecule has 0 saturated carbocycles. The summed E-state index contributed by atoms with van der Waals surface area (Å²) >= 11 is 0. The molecule has 7 heteroatoms. The number of hydrogen-bond acceptors (Lipinski definition) is 3. The first kappa shape index (κ1) is 30.7. The zero-order valence-corrected chi connectivity index (χ0v) is 26.4. The van der Waals surface area contributed by atoms with Gasteiger partial charge in [0.1, 0.15) is 0 Å². The van der Waals surface area contributed by atoms with Crippen molar-refractivity contribution >= 4 is 27.6 Å². The van der Waals surface area contributed by atoms with E-state index in [1.807, 2.05) is 26.8 Å². The highest BCUT2D eigenvalue weighted by Crippen LogP contribution is 2.39. The summed E-state index contributed by atoms with van der Waals surface area (Å²) < 4.78 is 30.0. The molecule has 192 valence electrons. The lowest BCUT2D eigenvalue weighted by molar-refractivity contribution is 0.0823. The van der Waals surface area contributed by atoms with E-state index in [1.165, 1.54) is 5.56 Å². The first-order valence-electron chi connectivity index (χ1n) is 12.2. The average Bonchev–Trinajstić information content (AvgIpc) is 2.62. The zero-order chi connectivity index (χ0) is 25.9. The van der Waals surface area contributed by atoms with E-state index in [-0.39, 0.29) is 27.0 Å². The first-order chi connectivity index (χ1) is 14.7. The highest BCUT2D eigenvalue weighted by molar-refractivity contribution is 7.84. The number of rotatable bonds is 10. The number of hydrogen-bond donors (Lipinski definition) is 1. The van der Waals surface area contributed by atoms with Crippen molar-refractivity contribution in [3.63, 3.8) is 0 Å². The van der Waals surface area contributed by atoms with Gasteiger partial charge < -0.3 is 8.85 Å². The van der Waals surface area contributed by atoms with E-state index < -0.39 is 27.6 Å². The third-order valence-corrected chi connectivity index (χ3v) is 17.9. The molecule has 0 aliphatic carbocycles. The molecule has 0 aromatic heterocycles. The number of nitrogens with one attached hydrogen (secondary N) is 1. The lowest BCUT2D eigenvalue weighted by atomic mass is 10.0. The van der Waals surface area contributed by atoms with Gasteiger partial charge in [-0.2, -0.15) is 0 Å². The second-order valence-electron chi connectivity index (χ2n) is 13.3. The van der Waals surface area contributed by atoms with E-state index in [2.05, 4.69) is 96.7 Å². The fourth-order valence-electron chi connectivity index (χ4n) is 2.73. The van der Waals surface area contributed by atoms with Crippen LogP contribution >= 0.6 is 0 Å². The third-order valence-electron chi connectivity index (χ3n) is 7.23. The maximum Gasteiger partial charge on any atom is 0.192 e. The van der Waals surface area contributed by atoms with Gasteiger partial charge in [-0.25, -0.2) is 8.93 Å². The molecule has 3 atom stereocenters. The molecule has 1 rings (SSSR count). The van der Waals surface area contributed by atoms with Gasteiger partial charge in [0, 0.05) is 0 Å². The van der Waals surface area contributed by atoms with E-state index in [9.17, 15) is 4.21 Å². The fraction of sp³-hybridized carbons (Fsp3) is 0.769. The molecule has 0 radical (unpaired) electrons. The SMILES string of the molecule is CC(C)(C)[S@@](=O)N[C@@H](Cc1ccccc1)[C@@H](CO[Si](C)(C)C(C)(C)C)O[Si](C)(C)C(C)(C)C. The fourth-order valence-corrected chi connectivity index (χ4v) is 5.95. The smallest absolute Gasteiger partial charge is 0.192 e. The topological polar surface area (TPSA) is 47.6 Å². The van der Waals surface area contributed by atoms with Gasteiger partial charge in [-0.1, -0.05) is 71.9 Å². The third kappa shape index (κ3) is 9.34. The highest BCUT2D eigenvalue weighted by atomic mass is 32.2. The van der Waals surface area contributed by atoms with Gasteiger partial charge >= 0.3 is 0 Å². The standard InChI is InChI=1S/C26H51NO3SSi2/c1-24(2,3)31(28)27-22(19-21-17-15-14-16-18-21)23(30-33(12,13)26(7,8)9)20-29-32(10,11)25(4,5)6/h14-18,22-23,27H,19-20H2,1-13H3/t22-,23+,31+/m0/s1. The Morgan fingerprint density at radius 3 is 1.76 bits per heavy atom. The van der Waals surface area contributed by atoms with E-state index in [4.69, 9.17) is 8.85 Å². The molecule has 0 bridgehead atoms. The normalized spacial score (nSPS) is 17.0. The lowest BCUT2D eigenvalue weighted by Crippen LogP contribution is -2.56. The summed E-state index contributed by atoms with van der Waals surface area (Å²) in [5.74, 6) is 0. The molecular formula is C26H51NO3SSi2. The summed E-state index contributed by atoms with van der Waals surface area (Å²) in [6, 6.07) is 10.3. The van der Waals surface area contributed by atoms with Gasteiger partial charge in [-0.3, -0.25) is 0 Å². The maximum atomic E-state index is 13.2. The summed E-state index contributed by atoms with van der Waals surface area (Å²) in [7, 11) is -5.27. The van der Waals surface area contributed by atoms with Crippen molar-refractivity contribution in [1.29, 1.82) is 0 Å². The van der Waals surface area contributed by atoms with Crippen LogP contribution in [0.5, 0.6) is 0 Å². The monoisotopic (exact) mass is 513 g/mol. The summed E-state index contributed by atoms with van der Waals surface area (Å²) in [6.45, 7) is 29.2. The van der Waals surface area contributed by atoms with Gasteiger partial charge in [0.15, 0.2) is 16.6 Å². The Morgan fingerprint density at radius 1 is 0.848 bits per heavy atom. The van der Waals surface area contributed by atoms with Crippen molar-refractivity contribution in [3.8, 4) is 0 Å². The van der Waals surface area contributed by atoms with E-state index in [1.54, 1.807) is 0 Å². The molecule has 4 nitrogen and oxygen atoms in total. The zero-order valence-electron chi connectivity index (χ0n) is 23.6. The van der Waals surface area contributed by atoms with Crippen LogP contribution in [0.25, 0.3) is 0 Å². The minimum absolute atomic E-state index is 0.0721. The quantitative estimate of drug-likeness (QED) is 0.341. The van der Waals surface area contributed by atoms with Crippen LogP contribution < -0.4 is 4.72 Å². The summed E-state index contributed by atoms with van der Waals surface area (Å²) in [4.78, 5) is 0. The average molecular weight is 514 g/mol. The van der Waals surface area contributed by atoms with Crippen LogP contribution in [0.3, 0.4) is 0 Å². The van der Waals surface area contributed by atoms with Crippen molar-refractivity contribution in [1.82, 2.24) is 4.72 Å². The second kappa shape index (κ2) is 11.2. The van der Waals surface area contributed by atoms with E-state index >= 15 is 0 Å². The molecule has 0 spiro atoms. The molecule has 0 saturated heterocycles. The minimum atomic E-state index is -2.09. The van der Waals surface area contributed by atoms with Gasteiger partial charge in [0.25, 0.3) is 0 Å². The molecule has 33 heavy (non-hydrogen) atoms. The predicted molar refractivity (Wildman–Crippen MR) is 150 cm³/mol. The van der Waals surface area contributed by atoms with Crippen LogP contribution in [0.15, 0.2) is 30.3 Å². The van der Waals surface area contributed by atoms with E-state index in [0.29, 0.717) is 6.61 Å². The molecule has 0 heterocycles. The second-order valence-corrected chi connectivity index (χ2v) is 24.8. The van der Waals surface area contributed by atoms with Crippen LogP contribution in [-0.4, -0.2) is 44.3 Å². The summed E-state index contributed by atoms with van der Waals surface area (Å²) in [5.41, 5.74) is 1.21. The maximum absolute atomic E-state index is 13.2. The van der Waals surface area contributed by atoms with Crippen LogP contribution in [0.1, 0.15) is 67.9 Å². The van der Waals surface area contributed by atoms with Crippen LogP contribution in [0.2, 0.25) is 36.3 Å². The Hall–Kier alpha value is -0.316. The van der Waals surface area contributed by atoms with Crippen LogP contribution in [0.4, 0.5) is 0 Å². The van der Waals surface area contributed by atoms with Crippen molar-refractivity contribution in [2.75, 3.05) is 6.61 Å². The lowest BCUT2D eigenvalue weighted by Gasteiger charge is -2.44. The Balaban J connectivity index is 3.37. The predicted octanol–water partition coefficient (Wildman–Crippen LogP) is 7.06. The van der Waals surface area contributed by atoms with Crippen molar-refractivity contribution < 1.29 is 13.1 Å². The molecular weight excluding hydrogens is 463 g/mol. The largest absolute Gasteiger partial charge is 0.414 e. The molecule has 0 fully saturated rings. The molecule has 0 unspecified atom stereocenters. The molecule has 0 aliphatic rings. The van der Waals surface area contributed by atoms with Gasteiger partial charge in [0.2, 0.25) is 0 Å². The Labute approximate surface area is 209 Å². The van der Waals surface area contributed by atoms with Crippen molar-refractivity contribution in [3.05, 3.63) is 35.9 Å². The summed E-state index contributed by atoms with van der Waals surface area (Å²) in [5, 5.41) is 0.188. The van der Waals surface area contributed by atoms with Gasteiger partial charge in [-0.05, 0) is 69.0 Å². The molecule has 1 aromatic rings. The molecule has 0 amide bonds. The summed E-state index contributed by atoms with van der Waals surface area (Å²) in [6.07, 6.45) is 0.550. The molecule has 1 aromatic carbocycles. The molecule has 1 N–H and O–H groups in total. The van der Waals surface area contributed by atoms with Gasteiger partial charge in [-0.15, -0.1) is 0 Å². The van der Waals surface area contributed by atoms with Crippen molar-refractivity contribution in [2.24, 2.45) is 0 Å². The van der Waals surface area contributed by atoms with Crippen LogP contribution in [-0.2, 0) is 26.3 Å². The van der Waals surface area contributed by atoms with Crippen molar-refractivity contribution in [2.45, 2.75) is 122 Å². The Kier molecular flexibility index (Phi) is 10.4. The van der Waals surface area contributed by atoms with Gasteiger partial charge in [0.05, 0.1) is 34.5 Å². The van der Waals surface area contributed by atoms with Crippen LogP contribution in [0, 0.1) is 0 Å². The Morgan fingerprint density at radius 2 is 1.33 bits per heavy atom. The highest BCUT2D eigenvalue weighted by Gasteiger charge is 2.43. The molecule has 0 aliphatic heterocycles. The number of benzene rings is 1. The van der Waals surface area contributed by atoms with E-state index in [0.717, 1.165) is 6.42 Å². The first-order valence-corrected chi connectivity index (χ1v) is 19.2. The Bertz CT molecular complexity index is 762. The minimum Gasteiger partial charge on any atom is -0.414 e.